The number of hydrogen-bond acceptors (Lipinski definition) is 8. The standard InChI is InChI=1S/C34H39N5O4/c1-25-12-9-13-26(2)32(25)39(43-31-17-6-5-16-30(31)41-3)33(40)27-23-35-34(36-24-27)37-28-14-10-15-29(22-28)42-21-11-20-38-18-7-4-8-19-38/h5-6,9-10,12-17,22-24H,4,7-8,11,18-21H2,1-3H3,(H,35,36,37). The molecule has 0 saturated carbocycles. The second-order valence-corrected chi connectivity index (χ2v) is 10.6. The molecule has 1 aromatic heterocycles. The van der Waals surface area contributed by atoms with E-state index in [9.17, 15) is 4.79 Å². The van der Waals surface area contributed by atoms with E-state index in [2.05, 4.69) is 20.2 Å². The zero-order valence-corrected chi connectivity index (χ0v) is 25.1. The molecule has 0 unspecified atom stereocenters. The molecule has 0 spiro atoms. The SMILES string of the molecule is COc1ccccc1ON(C(=O)c1cnc(Nc2cccc(OCCCN3CCCCC3)c2)nc1)c1c(C)cccc1C. The van der Waals surface area contributed by atoms with Gasteiger partial charge in [0.25, 0.3) is 5.91 Å². The Kier molecular flexibility index (Phi) is 10.1. The van der Waals surface area contributed by atoms with Gasteiger partial charge in [-0.1, -0.05) is 42.8 Å². The number of nitrogens with zero attached hydrogens (tertiary/aromatic N) is 4. The van der Waals surface area contributed by atoms with Crippen LogP contribution in [-0.2, 0) is 0 Å². The van der Waals surface area contributed by atoms with Crippen LogP contribution in [0.15, 0.2) is 79.1 Å². The first kappa shape index (κ1) is 29.8. The highest BCUT2D eigenvalue weighted by atomic mass is 16.7. The van der Waals surface area contributed by atoms with Crippen LogP contribution in [0.25, 0.3) is 0 Å². The lowest BCUT2D eigenvalue weighted by Crippen LogP contribution is -2.35. The highest BCUT2D eigenvalue weighted by molar-refractivity contribution is 6.05. The molecule has 224 valence electrons. The molecule has 5 rings (SSSR count). The molecule has 0 aliphatic carbocycles. The number of ether oxygens (including phenoxy) is 2. The number of hydroxylamine groups is 1. The summed E-state index contributed by atoms with van der Waals surface area (Å²) in [4.78, 5) is 31.4. The Labute approximate surface area is 253 Å². The Morgan fingerprint density at radius 3 is 2.33 bits per heavy atom. The lowest BCUT2D eigenvalue weighted by molar-refractivity contribution is 0.0875. The van der Waals surface area contributed by atoms with Gasteiger partial charge in [-0.2, -0.15) is 0 Å². The summed E-state index contributed by atoms with van der Waals surface area (Å²) in [5.74, 6) is 1.66. The minimum atomic E-state index is -0.408. The summed E-state index contributed by atoms with van der Waals surface area (Å²) in [6.07, 6.45) is 7.92. The first-order valence-corrected chi connectivity index (χ1v) is 14.8. The van der Waals surface area contributed by atoms with Crippen molar-refractivity contribution in [3.8, 4) is 17.2 Å². The molecular weight excluding hydrogens is 542 g/mol. The van der Waals surface area contributed by atoms with Crippen LogP contribution < -0.4 is 24.7 Å². The van der Waals surface area contributed by atoms with Gasteiger partial charge in [0, 0.05) is 30.7 Å². The molecule has 0 atom stereocenters. The Morgan fingerprint density at radius 1 is 0.907 bits per heavy atom. The van der Waals surface area contributed by atoms with Gasteiger partial charge in [-0.3, -0.25) is 4.79 Å². The molecule has 1 aliphatic heterocycles. The van der Waals surface area contributed by atoms with Gasteiger partial charge in [0.1, 0.15) is 5.75 Å². The molecule has 9 nitrogen and oxygen atoms in total. The molecule has 43 heavy (non-hydrogen) atoms. The monoisotopic (exact) mass is 581 g/mol. The van der Waals surface area contributed by atoms with E-state index < -0.39 is 5.91 Å². The van der Waals surface area contributed by atoms with Crippen molar-refractivity contribution in [2.75, 3.05) is 43.7 Å². The number of amides is 1. The number of likely N-dealkylation sites (tertiary alicyclic amines) is 1. The van der Waals surface area contributed by atoms with E-state index in [1.165, 1.54) is 49.8 Å². The summed E-state index contributed by atoms with van der Waals surface area (Å²) in [5.41, 5.74) is 3.48. The van der Waals surface area contributed by atoms with Gasteiger partial charge in [0.15, 0.2) is 11.5 Å². The van der Waals surface area contributed by atoms with Gasteiger partial charge in [-0.15, -0.1) is 5.06 Å². The Bertz CT molecular complexity index is 1480. The maximum Gasteiger partial charge on any atom is 0.294 e. The summed E-state index contributed by atoms with van der Waals surface area (Å²) in [6, 6.07) is 20.7. The topological polar surface area (TPSA) is 89.0 Å². The van der Waals surface area contributed by atoms with E-state index in [-0.39, 0.29) is 5.56 Å². The van der Waals surface area contributed by atoms with Crippen LogP contribution in [-0.4, -0.2) is 54.1 Å². The molecule has 2 heterocycles. The van der Waals surface area contributed by atoms with Crippen LogP contribution in [0.5, 0.6) is 17.2 Å². The van der Waals surface area contributed by atoms with Crippen LogP contribution in [0, 0.1) is 13.8 Å². The summed E-state index contributed by atoms with van der Waals surface area (Å²) in [7, 11) is 1.56. The predicted molar refractivity (Wildman–Crippen MR) is 169 cm³/mol. The van der Waals surface area contributed by atoms with E-state index in [0.29, 0.717) is 29.7 Å². The first-order chi connectivity index (χ1) is 21.0. The van der Waals surface area contributed by atoms with Gasteiger partial charge in [0.05, 0.1) is 25.0 Å². The highest BCUT2D eigenvalue weighted by Gasteiger charge is 2.25. The number of para-hydroxylation sites is 3. The van der Waals surface area contributed by atoms with Crippen molar-refractivity contribution in [3.05, 3.63) is 95.8 Å². The van der Waals surface area contributed by atoms with Gasteiger partial charge in [-0.05, 0) is 81.6 Å². The number of aryl methyl sites for hydroxylation is 2. The van der Waals surface area contributed by atoms with Crippen LogP contribution in [0.3, 0.4) is 0 Å². The van der Waals surface area contributed by atoms with Gasteiger partial charge in [-0.25, -0.2) is 9.97 Å². The lowest BCUT2D eigenvalue weighted by atomic mass is 10.1. The Hall–Kier alpha value is -4.63. The summed E-state index contributed by atoms with van der Waals surface area (Å²) in [5, 5.41) is 4.48. The maximum atomic E-state index is 13.8. The Morgan fingerprint density at radius 2 is 1.60 bits per heavy atom. The third-order valence-corrected chi connectivity index (χ3v) is 7.41. The van der Waals surface area contributed by atoms with Crippen LogP contribution in [0.2, 0.25) is 0 Å². The Balaban J connectivity index is 1.26. The fraction of sp³-hybridized carbons (Fsp3) is 0.324. The van der Waals surface area contributed by atoms with Crippen LogP contribution in [0.4, 0.5) is 17.3 Å². The number of aromatic nitrogens is 2. The molecule has 1 N–H and O–H groups in total. The first-order valence-electron chi connectivity index (χ1n) is 14.8. The van der Waals surface area contributed by atoms with E-state index in [1.54, 1.807) is 19.2 Å². The average molecular weight is 582 g/mol. The van der Waals surface area contributed by atoms with Crippen molar-refractivity contribution >= 4 is 23.2 Å². The highest BCUT2D eigenvalue weighted by Crippen LogP contribution is 2.32. The number of nitrogens with one attached hydrogen (secondary N) is 1. The fourth-order valence-electron chi connectivity index (χ4n) is 5.18. The van der Waals surface area contributed by atoms with Crippen LogP contribution in [0.1, 0.15) is 47.2 Å². The van der Waals surface area contributed by atoms with E-state index in [1.807, 2.05) is 68.4 Å². The van der Waals surface area contributed by atoms with E-state index in [4.69, 9.17) is 14.3 Å². The zero-order valence-electron chi connectivity index (χ0n) is 25.1. The molecule has 1 fully saturated rings. The zero-order chi connectivity index (χ0) is 30.0. The molecule has 1 amide bonds. The molecular formula is C34H39N5O4. The third-order valence-electron chi connectivity index (χ3n) is 7.41. The second-order valence-electron chi connectivity index (χ2n) is 10.6. The largest absolute Gasteiger partial charge is 0.493 e. The number of methoxy groups -OCH3 is 1. The van der Waals surface area contributed by atoms with Crippen molar-refractivity contribution in [2.24, 2.45) is 0 Å². The number of hydrogen-bond donors (Lipinski definition) is 1. The van der Waals surface area contributed by atoms with Gasteiger partial charge >= 0.3 is 0 Å². The molecule has 1 saturated heterocycles. The molecule has 0 bridgehead atoms. The number of carbonyl (C=O) groups is 1. The summed E-state index contributed by atoms with van der Waals surface area (Å²) >= 11 is 0. The smallest absolute Gasteiger partial charge is 0.294 e. The molecule has 1 aliphatic rings. The molecule has 3 aromatic carbocycles. The van der Waals surface area contributed by atoms with Crippen molar-refractivity contribution in [1.82, 2.24) is 14.9 Å². The van der Waals surface area contributed by atoms with Crippen molar-refractivity contribution in [1.29, 1.82) is 0 Å². The number of piperidine rings is 1. The predicted octanol–water partition coefficient (Wildman–Crippen LogP) is 6.74. The number of anilines is 3. The number of carbonyl (C=O) groups excluding carboxylic acids is 1. The molecule has 0 radical (unpaired) electrons. The van der Waals surface area contributed by atoms with Crippen molar-refractivity contribution in [2.45, 2.75) is 39.5 Å². The van der Waals surface area contributed by atoms with Crippen molar-refractivity contribution < 1.29 is 19.1 Å². The summed E-state index contributed by atoms with van der Waals surface area (Å²) < 4.78 is 11.5. The molecule has 4 aromatic rings. The number of rotatable bonds is 12. The minimum absolute atomic E-state index is 0.272. The average Bonchev–Trinajstić information content (AvgIpc) is 3.03. The van der Waals surface area contributed by atoms with Gasteiger partial charge in [0.2, 0.25) is 5.95 Å². The maximum absolute atomic E-state index is 13.8. The normalized spacial score (nSPS) is 13.3. The van der Waals surface area contributed by atoms with E-state index >= 15 is 0 Å². The minimum Gasteiger partial charge on any atom is -0.493 e. The lowest BCUT2D eigenvalue weighted by Gasteiger charge is -2.26. The van der Waals surface area contributed by atoms with Crippen molar-refractivity contribution in [3.63, 3.8) is 0 Å². The van der Waals surface area contributed by atoms with Gasteiger partial charge < -0.3 is 24.5 Å². The number of benzene rings is 3. The molecule has 9 heteroatoms. The quantitative estimate of drug-likeness (QED) is 0.145. The third kappa shape index (κ3) is 7.81. The van der Waals surface area contributed by atoms with Crippen LogP contribution >= 0.6 is 0 Å². The fourth-order valence-corrected chi connectivity index (χ4v) is 5.18. The van der Waals surface area contributed by atoms with E-state index in [0.717, 1.165) is 35.5 Å². The summed E-state index contributed by atoms with van der Waals surface area (Å²) in [6.45, 7) is 8.00. The second kappa shape index (κ2) is 14.5.